The van der Waals surface area contributed by atoms with Crippen molar-refractivity contribution in [2.45, 2.75) is 59.0 Å². The summed E-state index contributed by atoms with van der Waals surface area (Å²) in [6, 6.07) is 11.9. The molecule has 1 saturated carbocycles. The fraction of sp³-hybridized carbons (Fsp3) is 0.407. The van der Waals surface area contributed by atoms with Crippen LogP contribution in [0.2, 0.25) is 0 Å². The van der Waals surface area contributed by atoms with Crippen LogP contribution in [0.4, 0.5) is 0 Å². The van der Waals surface area contributed by atoms with Crippen LogP contribution in [0.3, 0.4) is 0 Å². The summed E-state index contributed by atoms with van der Waals surface area (Å²) in [6.45, 7) is 6.25. The van der Waals surface area contributed by atoms with Crippen LogP contribution < -0.4 is 5.69 Å². The predicted octanol–water partition coefficient (Wildman–Crippen LogP) is 4.07. The molecule has 1 N–H and O–H groups in total. The number of aryl methyl sites for hydroxylation is 1. The first-order valence-electron chi connectivity index (χ1n) is 12.6. The fourth-order valence-electron chi connectivity index (χ4n) is 5.29. The third-order valence-corrected chi connectivity index (χ3v) is 7.20. The van der Waals surface area contributed by atoms with E-state index in [1.54, 1.807) is 13.1 Å². The Balaban J connectivity index is 1.46. The Morgan fingerprint density at radius 2 is 1.92 bits per heavy atom. The summed E-state index contributed by atoms with van der Waals surface area (Å²) < 4.78 is 3.64. The Labute approximate surface area is 209 Å². The van der Waals surface area contributed by atoms with Crippen molar-refractivity contribution in [1.29, 1.82) is 0 Å². The van der Waals surface area contributed by atoms with E-state index in [9.17, 15) is 9.59 Å². The molecule has 0 aliphatic heterocycles. The van der Waals surface area contributed by atoms with E-state index >= 15 is 0 Å². The molecule has 9 nitrogen and oxygen atoms in total. The topological polar surface area (TPSA) is 111 Å². The number of H-pyrrole nitrogens is 1. The van der Waals surface area contributed by atoms with Crippen LogP contribution in [0, 0.1) is 11.8 Å². The van der Waals surface area contributed by atoms with Gasteiger partial charge >= 0.3 is 5.69 Å². The third-order valence-electron chi connectivity index (χ3n) is 7.20. The molecule has 1 aliphatic carbocycles. The smallest absolute Gasteiger partial charge is 0.300 e. The van der Waals surface area contributed by atoms with Gasteiger partial charge in [0.25, 0.3) is 0 Å². The number of Topliss-reactive ketones (excluding diaryl/α,β-unsaturated/α-hetero) is 1. The Morgan fingerprint density at radius 3 is 2.61 bits per heavy atom. The zero-order chi connectivity index (χ0) is 25.2. The molecule has 3 unspecified atom stereocenters. The van der Waals surface area contributed by atoms with Gasteiger partial charge in [0.05, 0.1) is 18.3 Å². The molecule has 0 amide bonds. The van der Waals surface area contributed by atoms with Gasteiger partial charge in [0.1, 0.15) is 5.78 Å². The molecule has 1 aromatic carbocycles. The van der Waals surface area contributed by atoms with Crippen molar-refractivity contribution in [3.63, 3.8) is 0 Å². The molecule has 3 atom stereocenters. The second-order valence-corrected chi connectivity index (χ2v) is 9.55. The van der Waals surface area contributed by atoms with Gasteiger partial charge in [-0.2, -0.15) is 5.21 Å². The highest BCUT2D eigenvalue weighted by Crippen LogP contribution is 2.52. The zero-order valence-corrected chi connectivity index (χ0v) is 20.9. The van der Waals surface area contributed by atoms with Crippen LogP contribution in [0.15, 0.2) is 53.6 Å². The number of nitrogens with zero attached hydrogens (tertiary/aromatic N) is 6. The van der Waals surface area contributed by atoms with E-state index in [1.165, 1.54) is 0 Å². The van der Waals surface area contributed by atoms with Crippen LogP contribution in [0.5, 0.6) is 0 Å². The van der Waals surface area contributed by atoms with E-state index in [0.29, 0.717) is 12.4 Å². The molecule has 3 aromatic heterocycles. The van der Waals surface area contributed by atoms with Crippen molar-refractivity contribution in [2.24, 2.45) is 11.8 Å². The zero-order valence-electron chi connectivity index (χ0n) is 20.9. The minimum absolute atomic E-state index is 0.0335. The van der Waals surface area contributed by atoms with E-state index in [0.717, 1.165) is 53.8 Å². The standard InChI is InChI=1S/C27H31N7O2/c1-4-6-10-22-16-34(25-23(5-2)24(25)17(3)35)27(36)33(22)15-21-14-19(11-12-28-21)18-8-7-9-20(13-18)26-29-31-32-30-26/h7-9,11-14,16,23-25H,4-6,10,15H2,1-3H3,(H,29,30,31,32). The second-order valence-electron chi connectivity index (χ2n) is 9.55. The minimum atomic E-state index is -0.0597. The average Bonchev–Trinajstić information content (AvgIpc) is 3.20. The maximum atomic E-state index is 13.6. The number of nitrogens with one attached hydrogen (secondary N) is 1. The number of unbranched alkanes of at least 4 members (excludes halogenated alkanes) is 1. The average molecular weight is 486 g/mol. The maximum Gasteiger partial charge on any atom is 0.328 e. The highest BCUT2D eigenvalue weighted by atomic mass is 16.2. The molecule has 0 radical (unpaired) electrons. The first-order valence-corrected chi connectivity index (χ1v) is 12.6. The monoisotopic (exact) mass is 485 g/mol. The van der Waals surface area contributed by atoms with Crippen molar-refractivity contribution < 1.29 is 4.79 Å². The lowest BCUT2D eigenvalue weighted by molar-refractivity contribution is -0.118. The number of carbonyl (C=O) groups is 1. The molecule has 5 rings (SSSR count). The fourth-order valence-corrected chi connectivity index (χ4v) is 5.29. The number of hydrogen-bond acceptors (Lipinski definition) is 6. The Morgan fingerprint density at radius 1 is 1.11 bits per heavy atom. The molecule has 3 heterocycles. The molecule has 0 spiro atoms. The molecular formula is C27H31N7O2. The van der Waals surface area contributed by atoms with Gasteiger partial charge in [0.15, 0.2) is 0 Å². The van der Waals surface area contributed by atoms with Crippen molar-refractivity contribution in [1.82, 2.24) is 34.7 Å². The number of aromatic nitrogens is 7. The van der Waals surface area contributed by atoms with Crippen LogP contribution in [0.25, 0.3) is 22.5 Å². The Hall–Kier alpha value is -3.88. The van der Waals surface area contributed by atoms with Gasteiger partial charge in [-0.15, -0.1) is 10.2 Å². The largest absolute Gasteiger partial charge is 0.328 e. The van der Waals surface area contributed by atoms with Gasteiger partial charge < -0.3 is 0 Å². The van der Waals surface area contributed by atoms with E-state index in [2.05, 4.69) is 39.5 Å². The summed E-state index contributed by atoms with van der Waals surface area (Å²) in [7, 11) is 0. The molecule has 0 saturated heterocycles. The van der Waals surface area contributed by atoms with Gasteiger partial charge in [-0.05, 0) is 60.2 Å². The van der Waals surface area contributed by atoms with E-state index in [4.69, 9.17) is 0 Å². The van der Waals surface area contributed by atoms with E-state index < -0.39 is 0 Å². The number of carbonyl (C=O) groups excluding carboxylic acids is 1. The van der Waals surface area contributed by atoms with Crippen LogP contribution in [-0.2, 0) is 17.8 Å². The van der Waals surface area contributed by atoms with Crippen molar-refractivity contribution in [3.8, 4) is 22.5 Å². The van der Waals surface area contributed by atoms with E-state index in [-0.39, 0.29) is 29.4 Å². The van der Waals surface area contributed by atoms with Gasteiger partial charge in [0, 0.05) is 29.6 Å². The van der Waals surface area contributed by atoms with Crippen LogP contribution in [-0.4, -0.2) is 40.5 Å². The third kappa shape index (κ3) is 4.53. The second kappa shape index (κ2) is 10.0. The Bertz CT molecular complexity index is 1420. The lowest BCUT2D eigenvalue weighted by Gasteiger charge is -2.09. The summed E-state index contributed by atoms with van der Waals surface area (Å²) in [6.07, 6.45) is 7.51. The SMILES string of the molecule is CCCCc1cn(C2C(CC)C2C(C)=O)c(=O)n1Cc1cc(-c2cccc(-c3nn[nH]n3)c2)ccn1. The van der Waals surface area contributed by atoms with Crippen molar-refractivity contribution in [3.05, 3.63) is 70.7 Å². The van der Waals surface area contributed by atoms with Crippen LogP contribution in [0.1, 0.15) is 57.5 Å². The molecule has 186 valence electrons. The molecule has 36 heavy (non-hydrogen) atoms. The van der Waals surface area contributed by atoms with Crippen LogP contribution >= 0.6 is 0 Å². The number of imidazole rings is 1. The first-order chi connectivity index (χ1) is 17.5. The molecule has 4 aromatic rings. The highest BCUT2D eigenvalue weighted by molar-refractivity contribution is 5.82. The normalized spacial score (nSPS) is 18.9. The van der Waals surface area contributed by atoms with E-state index in [1.807, 2.05) is 51.7 Å². The quantitative estimate of drug-likeness (QED) is 0.362. The predicted molar refractivity (Wildman–Crippen MR) is 136 cm³/mol. The molecule has 0 bridgehead atoms. The summed E-state index contributed by atoms with van der Waals surface area (Å²) in [5, 5.41) is 14.3. The van der Waals surface area contributed by atoms with Gasteiger partial charge in [-0.25, -0.2) is 4.79 Å². The first kappa shape index (κ1) is 23.8. The molecular weight excluding hydrogens is 454 g/mol. The lowest BCUT2D eigenvalue weighted by atomic mass is 10.0. The van der Waals surface area contributed by atoms with Gasteiger partial charge in [0.2, 0.25) is 5.82 Å². The summed E-state index contributed by atoms with van der Waals surface area (Å²) in [5.41, 5.74) is 4.62. The number of tetrazole rings is 1. The number of benzene rings is 1. The molecule has 9 heteroatoms. The highest BCUT2D eigenvalue weighted by Gasteiger charge is 2.53. The number of pyridine rings is 1. The number of ketones is 1. The number of hydrogen-bond donors (Lipinski definition) is 1. The van der Waals surface area contributed by atoms with Gasteiger partial charge in [-0.3, -0.25) is 18.9 Å². The van der Waals surface area contributed by atoms with Gasteiger partial charge in [-0.1, -0.05) is 44.9 Å². The number of aromatic amines is 1. The summed E-state index contributed by atoms with van der Waals surface area (Å²) >= 11 is 0. The minimum Gasteiger partial charge on any atom is -0.300 e. The summed E-state index contributed by atoms with van der Waals surface area (Å²) in [5.74, 6) is 0.881. The van der Waals surface area contributed by atoms with Crippen molar-refractivity contribution >= 4 is 5.78 Å². The maximum absolute atomic E-state index is 13.6. The van der Waals surface area contributed by atoms with Crippen molar-refractivity contribution in [2.75, 3.05) is 0 Å². The summed E-state index contributed by atoms with van der Waals surface area (Å²) in [4.78, 5) is 30.3. The molecule has 1 fully saturated rings. The number of rotatable bonds is 10. The molecule has 1 aliphatic rings. The Kier molecular flexibility index (Phi) is 6.63. The lowest BCUT2D eigenvalue weighted by Crippen LogP contribution is -2.26.